The normalized spacial score (nSPS) is 12.4. The van der Waals surface area contributed by atoms with Crippen LogP contribution in [0.25, 0.3) is 43.6 Å². The highest BCUT2D eigenvalue weighted by Gasteiger charge is 2.18. The Labute approximate surface area is 169 Å². The Balaban J connectivity index is 1.96. The zero-order valence-electron chi connectivity index (χ0n) is 16.0. The number of rotatable bonds is 1. The van der Waals surface area contributed by atoms with Crippen LogP contribution in [-0.2, 0) is 10.1 Å². The molecule has 0 spiro atoms. The molecule has 5 rings (SSSR count). The summed E-state index contributed by atoms with van der Waals surface area (Å²) in [6.45, 7) is 3.39. The van der Waals surface area contributed by atoms with Crippen LogP contribution in [0, 0.1) is 13.8 Å². The van der Waals surface area contributed by atoms with Gasteiger partial charge < -0.3 is 9.97 Å². The van der Waals surface area contributed by atoms with E-state index in [1.54, 1.807) is 12.1 Å². The van der Waals surface area contributed by atoms with Crippen molar-refractivity contribution in [3.05, 3.63) is 74.0 Å². The van der Waals surface area contributed by atoms with Crippen LogP contribution in [0.3, 0.4) is 0 Å². The molecule has 2 aromatic heterocycles. The molecule has 0 aliphatic carbocycles. The third kappa shape index (κ3) is 2.58. The second-order valence-electron chi connectivity index (χ2n) is 7.49. The molecule has 0 bridgehead atoms. The van der Waals surface area contributed by atoms with Crippen LogP contribution in [0.4, 0.5) is 0 Å². The third-order valence-corrected chi connectivity index (χ3v) is 6.52. The number of aryl methyl sites for hydroxylation is 2. The summed E-state index contributed by atoms with van der Waals surface area (Å²) in [5, 5.41) is 1.50. The topological polar surface area (TPSA) is 120 Å². The fourth-order valence-corrected chi connectivity index (χ4v) is 4.80. The molecule has 2 heterocycles. The lowest BCUT2D eigenvalue weighted by atomic mass is 10.0. The molecule has 0 aliphatic heterocycles. The number of aromatic nitrogens is 2. The predicted octanol–water partition coefficient (Wildman–Crippen LogP) is 3.54. The summed E-state index contributed by atoms with van der Waals surface area (Å²) in [5.74, 6) is 0. The zero-order chi connectivity index (χ0) is 21.4. The summed E-state index contributed by atoms with van der Waals surface area (Å²) in [4.78, 5) is 32.3. The van der Waals surface area contributed by atoms with E-state index in [1.165, 1.54) is 19.1 Å². The molecule has 0 amide bonds. The van der Waals surface area contributed by atoms with Gasteiger partial charge in [-0.3, -0.25) is 14.1 Å². The maximum Gasteiger partial charge on any atom is 0.294 e. The number of H-pyrrole nitrogens is 2. The molecule has 0 fully saturated rings. The van der Waals surface area contributed by atoms with Crippen molar-refractivity contribution in [1.29, 1.82) is 0 Å². The van der Waals surface area contributed by atoms with Crippen LogP contribution in [0.2, 0.25) is 0 Å². The molecule has 7 nitrogen and oxygen atoms in total. The lowest BCUT2D eigenvalue weighted by Crippen LogP contribution is -2.11. The Bertz CT molecular complexity index is 1780. The van der Waals surface area contributed by atoms with E-state index in [0.29, 0.717) is 38.2 Å². The van der Waals surface area contributed by atoms with Gasteiger partial charge in [-0.05, 0) is 55.8 Å². The van der Waals surface area contributed by atoms with Gasteiger partial charge in [0, 0.05) is 21.7 Å². The van der Waals surface area contributed by atoms with Crippen LogP contribution in [0.1, 0.15) is 11.1 Å². The maximum atomic E-state index is 13.2. The molecule has 8 heteroatoms. The Morgan fingerprint density at radius 3 is 1.97 bits per heavy atom. The number of aromatic amines is 2. The molecular formula is C22H16N2O5S. The standard InChI is InChI=1S/C22H16N2O5S/c1-10-3-4-15-12(7-10)21(25)13-8-18-14(9-17(13)23-15)22(26)20-11(2)19(30(27,28)29)6-5-16(20)24-18/h3-9H,1-2H3,(H,23,25)(H,24,26)(H,27,28,29). The van der Waals surface area contributed by atoms with Gasteiger partial charge in [0.15, 0.2) is 10.9 Å². The van der Waals surface area contributed by atoms with E-state index in [9.17, 15) is 22.6 Å². The van der Waals surface area contributed by atoms with Gasteiger partial charge in [-0.15, -0.1) is 0 Å². The van der Waals surface area contributed by atoms with E-state index in [-0.39, 0.29) is 26.7 Å². The molecular weight excluding hydrogens is 404 g/mol. The minimum Gasteiger partial charge on any atom is -0.354 e. The molecule has 3 N–H and O–H groups in total. The van der Waals surface area contributed by atoms with Gasteiger partial charge in [-0.2, -0.15) is 8.42 Å². The van der Waals surface area contributed by atoms with Gasteiger partial charge in [0.05, 0.1) is 26.8 Å². The first kappa shape index (κ1) is 18.5. The monoisotopic (exact) mass is 420 g/mol. The summed E-state index contributed by atoms with van der Waals surface area (Å²) in [7, 11) is -4.46. The number of fused-ring (bicyclic) bond motifs is 4. The second kappa shape index (κ2) is 6.01. The highest BCUT2D eigenvalue weighted by molar-refractivity contribution is 7.85. The first-order valence-corrected chi connectivity index (χ1v) is 10.6. The van der Waals surface area contributed by atoms with E-state index in [1.807, 2.05) is 25.1 Å². The van der Waals surface area contributed by atoms with E-state index >= 15 is 0 Å². The fourth-order valence-electron chi connectivity index (χ4n) is 4.08. The van der Waals surface area contributed by atoms with Crippen molar-refractivity contribution in [2.45, 2.75) is 18.7 Å². The van der Waals surface area contributed by atoms with E-state index in [2.05, 4.69) is 9.97 Å². The van der Waals surface area contributed by atoms with E-state index in [4.69, 9.17) is 0 Å². The molecule has 0 saturated heterocycles. The second-order valence-corrected chi connectivity index (χ2v) is 8.88. The average Bonchev–Trinajstić information content (AvgIpc) is 2.67. The fraction of sp³-hybridized carbons (Fsp3) is 0.0909. The highest BCUT2D eigenvalue weighted by atomic mass is 32.2. The van der Waals surface area contributed by atoms with Crippen molar-refractivity contribution < 1.29 is 13.0 Å². The lowest BCUT2D eigenvalue weighted by molar-refractivity contribution is 0.482. The van der Waals surface area contributed by atoms with Crippen molar-refractivity contribution >= 4 is 53.7 Å². The van der Waals surface area contributed by atoms with Crippen molar-refractivity contribution in [3.8, 4) is 0 Å². The third-order valence-electron chi connectivity index (χ3n) is 5.53. The van der Waals surface area contributed by atoms with E-state index in [0.717, 1.165) is 5.56 Å². The predicted molar refractivity (Wildman–Crippen MR) is 117 cm³/mol. The molecule has 0 saturated carbocycles. The summed E-state index contributed by atoms with van der Waals surface area (Å²) in [6, 6.07) is 11.5. The average molecular weight is 420 g/mol. The molecule has 0 atom stereocenters. The lowest BCUT2D eigenvalue weighted by Gasteiger charge is -2.10. The Morgan fingerprint density at radius 2 is 1.30 bits per heavy atom. The van der Waals surface area contributed by atoms with Gasteiger partial charge in [0.25, 0.3) is 10.1 Å². The highest BCUT2D eigenvalue weighted by Crippen LogP contribution is 2.26. The van der Waals surface area contributed by atoms with Crippen molar-refractivity contribution in [3.63, 3.8) is 0 Å². The van der Waals surface area contributed by atoms with Gasteiger partial charge in [0.2, 0.25) is 0 Å². The SMILES string of the molecule is Cc1ccc2[nH]c3cc4c(=O)c5c(C)c(S(=O)(=O)O)ccc5[nH]c4cc3c(=O)c2c1. The number of pyridine rings is 2. The summed E-state index contributed by atoms with van der Waals surface area (Å²) in [5.41, 5.74) is 2.69. The number of hydrogen-bond acceptors (Lipinski definition) is 4. The Hall–Kier alpha value is -3.49. The molecule has 0 aliphatic rings. The molecule has 30 heavy (non-hydrogen) atoms. The number of nitrogens with one attached hydrogen (secondary N) is 2. The molecule has 0 radical (unpaired) electrons. The smallest absolute Gasteiger partial charge is 0.294 e. The van der Waals surface area contributed by atoms with E-state index < -0.39 is 10.1 Å². The summed E-state index contributed by atoms with van der Waals surface area (Å²) in [6.07, 6.45) is 0. The maximum absolute atomic E-state index is 13.2. The Kier molecular flexibility index (Phi) is 3.71. The molecule has 0 unspecified atom stereocenters. The van der Waals surface area contributed by atoms with Crippen molar-refractivity contribution in [1.82, 2.24) is 9.97 Å². The minimum atomic E-state index is -4.46. The quantitative estimate of drug-likeness (QED) is 0.283. The van der Waals surface area contributed by atoms with Gasteiger partial charge in [-0.1, -0.05) is 11.6 Å². The van der Waals surface area contributed by atoms with Crippen LogP contribution in [0.15, 0.2) is 56.9 Å². The molecule has 3 aromatic carbocycles. The zero-order valence-corrected chi connectivity index (χ0v) is 16.8. The minimum absolute atomic E-state index is 0.136. The molecule has 150 valence electrons. The van der Waals surface area contributed by atoms with Crippen LogP contribution >= 0.6 is 0 Å². The van der Waals surface area contributed by atoms with Crippen LogP contribution in [-0.4, -0.2) is 22.9 Å². The first-order valence-electron chi connectivity index (χ1n) is 9.18. The Morgan fingerprint density at radius 1 is 0.733 bits per heavy atom. The number of benzene rings is 3. The largest absolute Gasteiger partial charge is 0.354 e. The van der Waals surface area contributed by atoms with Crippen molar-refractivity contribution in [2.24, 2.45) is 0 Å². The van der Waals surface area contributed by atoms with Gasteiger partial charge >= 0.3 is 0 Å². The van der Waals surface area contributed by atoms with Crippen LogP contribution < -0.4 is 10.9 Å². The summed E-state index contributed by atoms with van der Waals surface area (Å²) < 4.78 is 32.7. The van der Waals surface area contributed by atoms with Gasteiger partial charge in [0.1, 0.15) is 0 Å². The van der Waals surface area contributed by atoms with Gasteiger partial charge in [-0.25, -0.2) is 0 Å². The van der Waals surface area contributed by atoms with Crippen LogP contribution in [0.5, 0.6) is 0 Å². The van der Waals surface area contributed by atoms with Crippen molar-refractivity contribution in [2.75, 3.05) is 0 Å². The molecule has 5 aromatic rings. The number of hydrogen-bond donors (Lipinski definition) is 3. The summed E-state index contributed by atoms with van der Waals surface area (Å²) >= 11 is 0. The first-order chi connectivity index (χ1) is 14.1.